The Morgan fingerprint density at radius 1 is 1.21 bits per heavy atom. The first-order chi connectivity index (χ1) is 11.3. The van der Waals surface area contributed by atoms with Crippen LogP contribution in [0.4, 0.5) is 0 Å². The van der Waals surface area contributed by atoms with Gasteiger partial charge in [-0.25, -0.2) is 0 Å². The van der Waals surface area contributed by atoms with Crippen molar-refractivity contribution in [1.29, 1.82) is 0 Å². The fourth-order valence-electron chi connectivity index (χ4n) is 2.83. The summed E-state index contributed by atoms with van der Waals surface area (Å²) in [5.41, 5.74) is 0.789. The number of phenolic OH excluding ortho intramolecular Hbond substituents is 1. The van der Waals surface area contributed by atoms with Gasteiger partial charge in [0.25, 0.3) is 0 Å². The first-order valence-corrected chi connectivity index (χ1v) is 18.1. The Morgan fingerprint density at radius 3 is 2.29 bits per heavy atom. The van der Waals surface area contributed by atoms with E-state index >= 15 is 0 Å². The third kappa shape index (κ3) is 7.19. The first-order valence-electron chi connectivity index (χ1n) is 8.24. The number of aromatic hydroxyl groups is 1. The van der Waals surface area contributed by atoms with E-state index in [1.54, 1.807) is 7.11 Å². The van der Waals surface area contributed by atoms with Crippen LogP contribution in [0.1, 0.15) is 37.7 Å². The second kappa shape index (κ2) is 11.0. The van der Waals surface area contributed by atoms with Crippen LogP contribution in [0.5, 0.6) is 11.5 Å². The van der Waals surface area contributed by atoms with Crippen molar-refractivity contribution < 1.29 is 30.7 Å². The summed E-state index contributed by atoms with van der Waals surface area (Å²) < 4.78 is 5.39. The fourth-order valence-corrected chi connectivity index (χ4v) is 4.26. The van der Waals surface area contributed by atoms with Gasteiger partial charge in [0.05, 0.1) is 15.2 Å². The number of hydrogen-bond donors (Lipinski definition) is 1. The number of hydrogen-bond acceptors (Lipinski definition) is 3. The summed E-state index contributed by atoms with van der Waals surface area (Å²) in [5.74, 6) is 1.19. The Balaban J connectivity index is 0.000000891. The van der Waals surface area contributed by atoms with Crippen molar-refractivity contribution in [2.45, 2.75) is 57.8 Å². The Bertz CT molecular complexity index is 544. The molecule has 0 aromatic heterocycles. The Morgan fingerprint density at radius 2 is 1.79 bits per heavy atom. The SMILES string of the molecule is COc1cc(C=NC2CCCCC2)c(O)c([Si](C)(C)C)c1.[Cl][Zr][Cl]. The summed E-state index contributed by atoms with van der Waals surface area (Å²) in [7, 11) is 9.92. The van der Waals surface area contributed by atoms with Gasteiger partial charge in [-0.2, -0.15) is 0 Å². The number of aliphatic imine (C=N–C) groups is 1. The minimum absolute atomic E-state index is 0.384. The molecular weight excluding hydrogens is 440 g/mol. The zero-order valence-electron chi connectivity index (χ0n) is 14.9. The Hall–Kier alpha value is 0.170. The molecule has 0 atom stereocenters. The molecule has 1 aliphatic carbocycles. The van der Waals surface area contributed by atoms with Crippen LogP contribution < -0.4 is 9.92 Å². The van der Waals surface area contributed by atoms with Crippen LogP contribution >= 0.6 is 17.0 Å². The predicted octanol–water partition coefficient (Wildman–Crippen LogP) is 5.07. The molecular formula is C17H27Cl2NO2SiZr. The molecule has 7 heteroatoms. The number of halogens is 2. The molecule has 0 bridgehead atoms. The summed E-state index contributed by atoms with van der Waals surface area (Å²) in [4.78, 5) is 4.69. The topological polar surface area (TPSA) is 41.8 Å². The normalized spacial score (nSPS) is 15.8. The van der Waals surface area contributed by atoms with Gasteiger partial charge in [0.1, 0.15) is 11.5 Å². The number of nitrogens with zero attached hydrogens (tertiary/aromatic N) is 1. The van der Waals surface area contributed by atoms with Crippen molar-refractivity contribution in [3.05, 3.63) is 17.7 Å². The van der Waals surface area contributed by atoms with E-state index < -0.39 is 28.9 Å². The van der Waals surface area contributed by atoms with E-state index in [0.717, 1.165) is 16.5 Å². The predicted molar refractivity (Wildman–Crippen MR) is 104 cm³/mol. The molecule has 3 nitrogen and oxygen atoms in total. The zero-order valence-corrected chi connectivity index (χ0v) is 19.9. The van der Waals surface area contributed by atoms with E-state index in [4.69, 9.17) is 21.8 Å². The van der Waals surface area contributed by atoms with Crippen molar-refractivity contribution in [3.8, 4) is 11.5 Å². The van der Waals surface area contributed by atoms with Crippen LogP contribution in [0.25, 0.3) is 0 Å². The van der Waals surface area contributed by atoms with E-state index in [1.807, 2.05) is 18.3 Å². The van der Waals surface area contributed by atoms with Crippen molar-refractivity contribution in [2.24, 2.45) is 4.99 Å². The van der Waals surface area contributed by atoms with Crippen molar-refractivity contribution >= 4 is 36.5 Å². The van der Waals surface area contributed by atoms with Crippen molar-refractivity contribution in [3.63, 3.8) is 0 Å². The summed E-state index contributed by atoms with van der Waals surface area (Å²) in [6.45, 7) is 6.68. The van der Waals surface area contributed by atoms with Gasteiger partial charge >= 0.3 is 37.9 Å². The van der Waals surface area contributed by atoms with E-state index in [0.29, 0.717) is 11.8 Å². The minimum atomic E-state index is -1.62. The summed E-state index contributed by atoms with van der Waals surface area (Å²) in [6.07, 6.45) is 8.05. The molecule has 0 spiro atoms. The fraction of sp³-hybridized carbons (Fsp3) is 0.588. The van der Waals surface area contributed by atoms with Crippen molar-refractivity contribution in [1.82, 2.24) is 0 Å². The van der Waals surface area contributed by atoms with Crippen LogP contribution in [0.2, 0.25) is 19.6 Å². The second-order valence-electron chi connectivity index (χ2n) is 7.00. The molecule has 0 heterocycles. The van der Waals surface area contributed by atoms with Gasteiger partial charge in [0, 0.05) is 17.8 Å². The van der Waals surface area contributed by atoms with Gasteiger partial charge in [-0.3, -0.25) is 4.99 Å². The third-order valence-electron chi connectivity index (χ3n) is 4.16. The molecule has 0 aliphatic heterocycles. The van der Waals surface area contributed by atoms with Crippen LogP contribution in [0.3, 0.4) is 0 Å². The maximum atomic E-state index is 10.6. The molecule has 134 valence electrons. The zero-order chi connectivity index (χ0) is 18.2. The first kappa shape index (κ1) is 22.2. The molecule has 1 fully saturated rings. The number of phenols is 1. The average Bonchev–Trinajstić information content (AvgIpc) is 2.54. The molecule has 1 aliphatic rings. The molecule has 1 N–H and O–H groups in total. The van der Waals surface area contributed by atoms with E-state index in [2.05, 4.69) is 24.6 Å². The van der Waals surface area contributed by atoms with E-state index in [9.17, 15) is 5.11 Å². The Labute approximate surface area is 165 Å². The molecule has 1 saturated carbocycles. The molecule has 1 aromatic carbocycles. The number of benzene rings is 1. The van der Waals surface area contributed by atoms with Crippen LogP contribution in [-0.4, -0.2) is 32.5 Å². The van der Waals surface area contributed by atoms with Gasteiger partial charge in [-0.05, 0) is 30.2 Å². The third-order valence-corrected chi connectivity index (χ3v) is 6.15. The second-order valence-corrected chi connectivity index (χ2v) is 15.8. The van der Waals surface area contributed by atoms with E-state index in [-0.39, 0.29) is 0 Å². The number of methoxy groups -OCH3 is 1. The number of rotatable bonds is 4. The Kier molecular flexibility index (Phi) is 10.2. The van der Waals surface area contributed by atoms with Crippen molar-refractivity contribution in [2.75, 3.05) is 7.11 Å². The molecule has 0 saturated heterocycles. The van der Waals surface area contributed by atoms with Gasteiger partial charge in [-0.1, -0.05) is 38.9 Å². The van der Waals surface area contributed by atoms with Crippen LogP contribution in [0.15, 0.2) is 17.1 Å². The standard InChI is InChI=1S/C17H27NO2Si.2ClH.Zr/c1-20-15-10-13(12-18-14-8-6-5-7-9-14)17(19)16(11-15)21(2,3)4;;;/h10-12,14,19H,5-9H2,1-4H3;2*1H;/q;;;+2/p-2. The molecule has 0 amide bonds. The quantitative estimate of drug-likeness (QED) is 0.496. The van der Waals surface area contributed by atoms with Gasteiger partial charge in [0.2, 0.25) is 0 Å². The molecule has 24 heavy (non-hydrogen) atoms. The summed E-state index contributed by atoms with van der Waals surface area (Å²) in [6, 6.07) is 4.27. The van der Waals surface area contributed by atoms with Crippen LogP contribution in [0, 0.1) is 0 Å². The molecule has 2 rings (SSSR count). The molecule has 0 unspecified atom stereocenters. The van der Waals surface area contributed by atoms with E-state index in [1.165, 1.54) is 32.1 Å². The van der Waals surface area contributed by atoms with Gasteiger partial charge < -0.3 is 9.84 Å². The average molecular weight is 468 g/mol. The monoisotopic (exact) mass is 465 g/mol. The maximum absolute atomic E-state index is 10.6. The summed E-state index contributed by atoms with van der Waals surface area (Å²) in [5, 5.41) is 11.6. The summed E-state index contributed by atoms with van der Waals surface area (Å²) >= 11 is -0.826. The van der Waals surface area contributed by atoms with Gasteiger partial charge in [0.15, 0.2) is 0 Å². The molecule has 1 aromatic rings. The number of ether oxygens (including phenoxy) is 1. The van der Waals surface area contributed by atoms with Gasteiger partial charge in [-0.15, -0.1) is 0 Å². The molecule has 0 radical (unpaired) electrons. The van der Waals surface area contributed by atoms with Crippen LogP contribution in [-0.2, 0) is 20.8 Å².